The fourth-order valence-corrected chi connectivity index (χ4v) is 2.37. The summed E-state index contributed by atoms with van der Waals surface area (Å²) in [5, 5.41) is 0.466. The molecule has 72 valence electrons. The third-order valence-corrected chi connectivity index (χ3v) is 2.47. The summed E-state index contributed by atoms with van der Waals surface area (Å²) in [4.78, 5) is 0. The zero-order valence-corrected chi connectivity index (χ0v) is 9.70. The van der Waals surface area contributed by atoms with E-state index < -0.39 is 6.61 Å². The van der Waals surface area contributed by atoms with E-state index in [4.69, 9.17) is 23.2 Å². The Bertz CT molecular complexity index is 296. The molecule has 0 saturated carbocycles. The van der Waals surface area contributed by atoms with E-state index in [-0.39, 0.29) is 10.8 Å². The van der Waals surface area contributed by atoms with Crippen molar-refractivity contribution in [1.82, 2.24) is 0 Å². The lowest BCUT2D eigenvalue weighted by molar-refractivity contribution is -0.0503. The molecule has 1 rings (SSSR count). The molecule has 6 heteroatoms. The molecule has 0 heterocycles. The lowest BCUT2D eigenvalue weighted by atomic mass is 10.3. The third kappa shape index (κ3) is 3.11. The molecular weight excluding hydrogens is 336 g/mol. The fraction of sp³-hybridized carbons (Fsp3) is 0.143. The van der Waals surface area contributed by atoms with Crippen LogP contribution in [0.25, 0.3) is 0 Å². The van der Waals surface area contributed by atoms with E-state index in [1.165, 1.54) is 12.1 Å². The predicted octanol–water partition coefficient (Wildman–Crippen LogP) is 4.20. The van der Waals surface area contributed by atoms with Gasteiger partial charge >= 0.3 is 6.61 Å². The highest BCUT2D eigenvalue weighted by atomic mass is 127. The summed E-state index contributed by atoms with van der Waals surface area (Å²) in [6.07, 6.45) is 0. The smallest absolute Gasteiger partial charge is 0.387 e. The second-order valence-electron chi connectivity index (χ2n) is 2.08. The molecule has 0 N–H and O–H groups in total. The summed E-state index contributed by atoms with van der Waals surface area (Å²) in [6, 6.07) is 2.84. The molecule has 0 atom stereocenters. The normalized spacial score (nSPS) is 10.6. The lowest BCUT2D eigenvalue weighted by Crippen LogP contribution is -2.03. The Morgan fingerprint density at radius 2 is 1.92 bits per heavy atom. The molecule has 0 radical (unpaired) electrons. The Hall–Kier alpha value is 0.190. The third-order valence-electron chi connectivity index (χ3n) is 1.17. The first-order valence-electron chi connectivity index (χ1n) is 3.10. The van der Waals surface area contributed by atoms with Gasteiger partial charge in [0.1, 0.15) is 0 Å². The molecule has 0 amide bonds. The van der Waals surface area contributed by atoms with Crippen LogP contribution in [-0.2, 0) is 0 Å². The maximum absolute atomic E-state index is 11.9. The molecule has 0 aromatic heterocycles. The second kappa shape index (κ2) is 4.61. The van der Waals surface area contributed by atoms with Gasteiger partial charge in [0.05, 0.1) is 8.59 Å². The maximum atomic E-state index is 11.9. The molecule has 0 aliphatic rings. The molecule has 0 saturated heterocycles. The van der Waals surface area contributed by atoms with Crippen LogP contribution < -0.4 is 4.74 Å². The molecule has 13 heavy (non-hydrogen) atoms. The summed E-state index contributed by atoms with van der Waals surface area (Å²) < 4.78 is 28.4. The zero-order valence-electron chi connectivity index (χ0n) is 6.03. The number of rotatable bonds is 2. The summed E-state index contributed by atoms with van der Waals surface area (Å²) in [7, 11) is 0. The number of hydrogen-bond donors (Lipinski definition) is 0. The minimum atomic E-state index is -2.88. The van der Waals surface area contributed by atoms with Crippen LogP contribution in [0, 0.1) is 3.57 Å². The lowest BCUT2D eigenvalue weighted by Gasteiger charge is -2.08. The van der Waals surface area contributed by atoms with Crippen molar-refractivity contribution in [3.05, 3.63) is 25.7 Å². The van der Waals surface area contributed by atoms with Crippen molar-refractivity contribution >= 4 is 45.8 Å². The Balaban J connectivity index is 3.06. The standard InChI is InChI=1S/C7H3Cl2F2IO/c8-3-1-4(9)6(5(12)2-3)13-7(10)11/h1-2,7H. The van der Waals surface area contributed by atoms with Gasteiger partial charge in [-0.3, -0.25) is 0 Å². The molecule has 0 fully saturated rings. The fourth-order valence-electron chi connectivity index (χ4n) is 0.731. The largest absolute Gasteiger partial charge is 0.432 e. The number of hydrogen-bond acceptors (Lipinski definition) is 1. The average Bonchev–Trinajstić information content (AvgIpc) is 1.96. The van der Waals surface area contributed by atoms with Crippen molar-refractivity contribution in [1.29, 1.82) is 0 Å². The topological polar surface area (TPSA) is 9.23 Å². The second-order valence-corrected chi connectivity index (χ2v) is 4.08. The van der Waals surface area contributed by atoms with Gasteiger partial charge in [0, 0.05) is 5.02 Å². The highest BCUT2D eigenvalue weighted by Gasteiger charge is 2.13. The van der Waals surface area contributed by atoms with E-state index >= 15 is 0 Å². The Morgan fingerprint density at radius 3 is 2.38 bits per heavy atom. The van der Waals surface area contributed by atoms with Gasteiger partial charge in [-0.25, -0.2) is 0 Å². The van der Waals surface area contributed by atoms with Gasteiger partial charge in [0.15, 0.2) is 5.75 Å². The van der Waals surface area contributed by atoms with Gasteiger partial charge in [0.2, 0.25) is 0 Å². The first-order chi connectivity index (χ1) is 6.00. The quantitative estimate of drug-likeness (QED) is 0.734. The van der Waals surface area contributed by atoms with E-state index in [2.05, 4.69) is 4.74 Å². The molecule has 1 aromatic rings. The van der Waals surface area contributed by atoms with Crippen LogP contribution in [0.2, 0.25) is 10.0 Å². The van der Waals surface area contributed by atoms with Crippen LogP contribution in [0.1, 0.15) is 0 Å². The van der Waals surface area contributed by atoms with Crippen molar-refractivity contribution in [3.8, 4) is 5.75 Å². The van der Waals surface area contributed by atoms with Gasteiger partial charge in [-0.15, -0.1) is 0 Å². The van der Waals surface area contributed by atoms with E-state index in [9.17, 15) is 8.78 Å². The highest BCUT2D eigenvalue weighted by molar-refractivity contribution is 14.1. The summed E-state index contributed by atoms with van der Waals surface area (Å²) in [6.45, 7) is -2.88. The molecule has 1 nitrogen and oxygen atoms in total. The highest BCUT2D eigenvalue weighted by Crippen LogP contribution is 2.34. The van der Waals surface area contributed by atoms with E-state index in [1.807, 2.05) is 22.6 Å². The molecule has 0 spiro atoms. The summed E-state index contributed by atoms with van der Waals surface area (Å²) in [5.74, 6) is -0.0401. The zero-order chi connectivity index (χ0) is 10.0. The average molecular weight is 339 g/mol. The predicted molar refractivity (Wildman–Crippen MR) is 55.8 cm³/mol. The molecular formula is C7H3Cl2F2IO. The molecule has 0 aliphatic carbocycles. The number of alkyl halides is 2. The van der Waals surface area contributed by atoms with Crippen LogP contribution in [0.3, 0.4) is 0 Å². The summed E-state index contributed by atoms with van der Waals surface area (Å²) in [5.41, 5.74) is 0. The monoisotopic (exact) mass is 338 g/mol. The van der Waals surface area contributed by atoms with Crippen LogP contribution in [0.4, 0.5) is 8.78 Å². The SMILES string of the molecule is FC(F)Oc1c(Cl)cc(Cl)cc1I. The van der Waals surface area contributed by atoms with Crippen LogP contribution in [0.5, 0.6) is 5.75 Å². The molecule has 1 aromatic carbocycles. The minimum Gasteiger partial charge on any atom is -0.432 e. The van der Waals surface area contributed by atoms with E-state index in [0.29, 0.717) is 8.59 Å². The van der Waals surface area contributed by atoms with Crippen molar-refractivity contribution in [2.75, 3.05) is 0 Å². The molecule has 0 unspecified atom stereocenters. The van der Waals surface area contributed by atoms with Crippen molar-refractivity contribution < 1.29 is 13.5 Å². The van der Waals surface area contributed by atoms with Gasteiger partial charge in [0.25, 0.3) is 0 Å². The van der Waals surface area contributed by atoms with Crippen LogP contribution in [-0.4, -0.2) is 6.61 Å². The van der Waals surface area contributed by atoms with Crippen LogP contribution in [0.15, 0.2) is 12.1 Å². The Kier molecular flexibility index (Phi) is 4.00. The number of ether oxygens (including phenoxy) is 1. The molecule has 0 aliphatic heterocycles. The maximum Gasteiger partial charge on any atom is 0.387 e. The van der Waals surface area contributed by atoms with Gasteiger partial charge in [-0.1, -0.05) is 23.2 Å². The van der Waals surface area contributed by atoms with Crippen LogP contribution >= 0.6 is 45.8 Å². The number of benzene rings is 1. The molecule has 0 bridgehead atoms. The first-order valence-corrected chi connectivity index (χ1v) is 4.93. The van der Waals surface area contributed by atoms with Gasteiger partial charge < -0.3 is 4.74 Å². The van der Waals surface area contributed by atoms with E-state index in [1.54, 1.807) is 0 Å². The van der Waals surface area contributed by atoms with Gasteiger partial charge in [-0.2, -0.15) is 8.78 Å². The van der Waals surface area contributed by atoms with Crippen molar-refractivity contribution in [3.63, 3.8) is 0 Å². The number of halogens is 5. The van der Waals surface area contributed by atoms with E-state index in [0.717, 1.165) is 0 Å². The van der Waals surface area contributed by atoms with Gasteiger partial charge in [-0.05, 0) is 34.7 Å². The Morgan fingerprint density at radius 1 is 1.31 bits per heavy atom. The Labute approximate surface area is 97.1 Å². The van der Waals surface area contributed by atoms with Crippen molar-refractivity contribution in [2.24, 2.45) is 0 Å². The van der Waals surface area contributed by atoms with Crippen molar-refractivity contribution in [2.45, 2.75) is 6.61 Å². The minimum absolute atomic E-state index is 0.0401. The first kappa shape index (κ1) is 11.3. The summed E-state index contributed by atoms with van der Waals surface area (Å²) >= 11 is 13.1.